The highest BCUT2D eigenvalue weighted by Gasteiger charge is 2.21. The van der Waals surface area contributed by atoms with Gasteiger partial charge in [-0.3, -0.25) is 0 Å². The molecule has 1 nitrogen and oxygen atoms in total. The van der Waals surface area contributed by atoms with Crippen LogP contribution < -0.4 is 5.32 Å². The fourth-order valence-electron chi connectivity index (χ4n) is 2.25. The summed E-state index contributed by atoms with van der Waals surface area (Å²) in [6.45, 7) is 1.61. The van der Waals surface area contributed by atoms with Gasteiger partial charge >= 0.3 is 0 Å². The first-order valence-corrected chi connectivity index (χ1v) is 7.25. The Morgan fingerprint density at radius 2 is 1.86 bits per heavy atom. The maximum atomic E-state index is 14.2. The molecule has 0 amide bonds. The second kappa shape index (κ2) is 6.73. The van der Waals surface area contributed by atoms with Crippen LogP contribution in [0.2, 0.25) is 10.0 Å². The van der Waals surface area contributed by atoms with Gasteiger partial charge in [0.1, 0.15) is 11.6 Å². The minimum atomic E-state index is -0.567. The lowest BCUT2D eigenvalue weighted by Gasteiger charge is -2.20. The van der Waals surface area contributed by atoms with Crippen molar-refractivity contribution in [3.8, 4) is 0 Å². The van der Waals surface area contributed by atoms with Crippen LogP contribution in [0.25, 0.3) is 0 Å². The minimum Gasteiger partial charge on any atom is -0.313 e. The first kappa shape index (κ1) is 16.2. The van der Waals surface area contributed by atoms with Crippen LogP contribution >= 0.6 is 23.2 Å². The first-order chi connectivity index (χ1) is 9.93. The normalized spacial score (nSPS) is 12.5. The zero-order valence-electron chi connectivity index (χ0n) is 11.7. The largest absolute Gasteiger partial charge is 0.313 e. The summed E-state index contributed by atoms with van der Waals surface area (Å²) in [7, 11) is 1.66. The maximum absolute atomic E-state index is 14.2. The van der Waals surface area contributed by atoms with Gasteiger partial charge in [-0.2, -0.15) is 0 Å². The highest BCUT2D eigenvalue weighted by atomic mass is 35.5. The molecule has 0 aliphatic rings. The fourth-order valence-corrected chi connectivity index (χ4v) is 2.74. The van der Waals surface area contributed by atoms with Crippen molar-refractivity contribution in [1.29, 1.82) is 0 Å². The molecule has 0 heterocycles. The standard InChI is InChI=1S/C16H15Cl2F2N/c1-9-3-6-13(19)15(16(9)20)14(21-2)7-10-4-5-11(17)8-12(10)18/h3-6,8,14,21H,7H2,1-2H3. The number of hydrogen-bond acceptors (Lipinski definition) is 1. The monoisotopic (exact) mass is 329 g/mol. The third-order valence-corrected chi connectivity index (χ3v) is 4.04. The van der Waals surface area contributed by atoms with Crippen LogP contribution in [0.15, 0.2) is 30.3 Å². The molecule has 1 N–H and O–H groups in total. The van der Waals surface area contributed by atoms with Crippen LogP contribution in [0, 0.1) is 18.6 Å². The Morgan fingerprint density at radius 3 is 2.48 bits per heavy atom. The van der Waals surface area contributed by atoms with Crippen molar-refractivity contribution in [1.82, 2.24) is 5.32 Å². The maximum Gasteiger partial charge on any atom is 0.133 e. The topological polar surface area (TPSA) is 12.0 Å². The molecule has 0 saturated heterocycles. The van der Waals surface area contributed by atoms with Gasteiger partial charge < -0.3 is 5.32 Å². The van der Waals surface area contributed by atoms with Gasteiger partial charge in [-0.25, -0.2) is 8.78 Å². The summed E-state index contributed by atoms with van der Waals surface area (Å²) >= 11 is 12.0. The molecule has 1 atom stereocenters. The number of hydrogen-bond donors (Lipinski definition) is 1. The van der Waals surface area contributed by atoms with Crippen molar-refractivity contribution < 1.29 is 8.78 Å². The lowest BCUT2D eigenvalue weighted by Crippen LogP contribution is -2.22. The zero-order chi connectivity index (χ0) is 15.6. The predicted molar refractivity (Wildman–Crippen MR) is 83.1 cm³/mol. The molecule has 112 valence electrons. The summed E-state index contributed by atoms with van der Waals surface area (Å²) in [6, 6.07) is 7.29. The van der Waals surface area contributed by atoms with E-state index in [2.05, 4.69) is 5.32 Å². The van der Waals surface area contributed by atoms with Crippen LogP contribution in [0.3, 0.4) is 0 Å². The van der Waals surface area contributed by atoms with E-state index in [1.807, 2.05) is 0 Å². The summed E-state index contributed by atoms with van der Waals surface area (Å²) < 4.78 is 28.2. The van der Waals surface area contributed by atoms with E-state index in [1.54, 1.807) is 32.2 Å². The van der Waals surface area contributed by atoms with Crippen LogP contribution in [-0.2, 0) is 6.42 Å². The van der Waals surface area contributed by atoms with Gasteiger partial charge in [-0.1, -0.05) is 35.3 Å². The molecule has 1 unspecified atom stereocenters. The molecule has 2 aromatic rings. The van der Waals surface area contributed by atoms with E-state index in [9.17, 15) is 8.78 Å². The van der Waals surface area contributed by atoms with Crippen molar-refractivity contribution in [2.45, 2.75) is 19.4 Å². The SMILES string of the molecule is CNC(Cc1ccc(Cl)cc1Cl)c1c(F)ccc(C)c1F. The molecule has 0 radical (unpaired) electrons. The number of halogens is 4. The van der Waals surface area contributed by atoms with E-state index in [-0.39, 0.29) is 5.56 Å². The van der Waals surface area contributed by atoms with E-state index < -0.39 is 17.7 Å². The Hall–Kier alpha value is -1.16. The fraction of sp³-hybridized carbons (Fsp3) is 0.250. The molecule has 0 aliphatic carbocycles. The molecule has 2 rings (SSSR count). The molecule has 0 aliphatic heterocycles. The van der Waals surface area contributed by atoms with Crippen molar-refractivity contribution in [3.63, 3.8) is 0 Å². The Balaban J connectivity index is 2.39. The zero-order valence-corrected chi connectivity index (χ0v) is 13.2. The van der Waals surface area contributed by atoms with Crippen molar-refractivity contribution in [2.75, 3.05) is 7.05 Å². The summed E-state index contributed by atoms with van der Waals surface area (Å²) in [5.74, 6) is -1.10. The van der Waals surface area contributed by atoms with Gasteiger partial charge in [0, 0.05) is 21.7 Å². The summed E-state index contributed by atoms with van der Waals surface area (Å²) in [4.78, 5) is 0. The smallest absolute Gasteiger partial charge is 0.133 e. The molecule has 5 heteroatoms. The summed E-state index contributed by atoms with van der Waals surface area (Å²) in [5, 5.41) is 3.95. The highest BCUT2D eigenvalue weighted by molar-refractivity contribution is 6.35. The predicted octanol–water partition coefficient (Wildman–Crippen LogP) is 5.08. The second-order valence-corrected chi connectivity index (χ2v) is 5.72. The van der Waals surface area contributed by atoms with E-state index >= 15 is 0 Å². The molecule has 0 fully saturated rings. The molecule has 0 spiro atoms. The van der Waals surface area contributed by atoms with Gasteiger partial charge in [0.25, 0.3) is 0 Å². The lowest BCUT2D eigenvalue weighted by atomic mass is 9.96. The first-order valence-electron chi connectivity index (χ1n) is 6.49. The van der Waals surface area contributed by atoms with Crippen LogP contribution in [0.4, 0.5) is 8.78 Å². The van der Waals surface area contributed by atoms with Crippen molar-refractivity contribution >= 4 is 23.2 Å². The third kappa shape index (κ3) is 3.54. The number of likely N-dealkylation sites (N-methyl/N-ethyl adjacent to an activating group) is 1. The number of rotatable bonds is 4. The Bertz CT molecular complexity index is 659. The Morgan fingerprint density at radius 1 is 1.14 bits per heavy atom. The molecular weight excluding hydrogens is 315 g/mol. The average molecular weight is 330 g/mol. The van der Waals surface area contributed by atoms with E-state index in [0.29, 0.717) is 22.0 Å². The Labute approximate surface area is 132 Å². The molecule has 21 heavy (non-hydrogen) atoms. The van der Waals surface area contributed by atoms with Crippen LogP contribution in [0.5, 0.6) is 0 Å². The summed E-state index contributed by atoms with van der Waals surface area (Å²) in [6.07, 6.45) is 0.365. The van der Waals surface area contributed by atoms with Gasteiger partial charge in [-0.15, -0.1) is 0 Å². The van der Waals surface area contributed by atoms with Crippen LogP contribution in [0.1, 0.15) is 22.7 Å². The third-order valence-electron chi connectivity index (χ3n) is 3.46. The van der Waals surface area contributed by atoms with E-state index in [0.717, 1.165) is 5.56 Å². The number of benzene rings is 2. The average Bonchev–Trinajstić information content (AvgIpc) is 2.44. The number of nitrogens with one attached hydrogen (secondary N) is 1. The van der Waals surface area contributed by atoms with Gasteiger partial charge in [0.15, 0.2) is 0 Å². The summed E-state index contributed by atoms with van der Waals surface area (Å²) in [5.41, 5.74) is 1.22. The number of aryl methyl sites for hydroxylation is 1. The molecule has 0 aromatic heterocycles. The molecular formula is C16H15Cl2F2N. The molecule has 0 saturated carbocycles. The van der Waals surface area contributed by atoms with Crippen molar-refractivity contribution in [2.24, 2.45) is 0 Å². The molecule has 2 aromatic carbocycles. The lowest BCUT2D eigenvalue weighted by molar-refractivity contribution is 0.486. The van der Waals surface area contributed by atoms with E-state index in [4.69, 9.17) is 23.2 Å². The van der Waals surface area contributed by atoms with Crippen molar-refractivity contribution in [3.05, 3.63) is 68.7 Å². The molecule has 0 bridgehead atoms. The quantitative estimate of drug-likeness (QED) is 0.824. The minimum absolute atomic E-state index is 0.0310. The van der Waals surface area contributed by atoms with Crippen LogP contribution in [-0.4, -0.2) is 7.05 Å². The van der Waals surface area contributed by atoms with Gasteiger partial charge in [0.05, 0.1) is 0 Å². The highest BCUT2D eigenvalue weighted by Crippen LogP contribution is 2.29. The van der Waals surface area contributed by atoms with Gasteiger partial charge in [0.2, 0.25) is 0 Å². The Kier molecular flexibility index (Phi) is 5.20. The second-order valence-electron chi connectivity index (χ2n) is 4.87. The van der Waals surface area contributed by atoms with E-state index in [1.165, 1.54) is 12.1 Å². The van der Waals surface area contributed by atoms with Gasteiger partial charge in [-0.05, 0) is 49.7 Å².